The van der Waals surface area contributed by atoms with Crippen LogP contribution in [0, 0.1) is 6.92 Å². The SMILES string of the molecule is Cc1nc2ccn(Cc3ccco3)c(=O)c2cc1C(=O)N1CCN(C)CC1. The number of hydrogen-bond donors (Lipinski definition) is 0. The lowest BCUT2D eigenvalue weighted by atomic mass is 10.1. The van der Waals surface area contributed by atoms with E-state index in [1.807, 2.05) is 24.9 Å². The first-order valence-corrected chi connectivity index (χ1v) is 9.04. The molecule has 0 atom stereocenters. The number of likely N-dealkylation sites (N-methyl/N-ethyl adjacent to an activating group) is 1. The molecule has 0 unspecified atom stereocenters. The lowest BCUT2D eigenvalue weighted by Gasteiger charge is -2.32. The number of furan rings is 1. The predicted octanol–water partition coefficient (Wildman–Crippen LogP) is 1.73. The molecule has 0 radical (unpaired) electrons. The summed E-state index contributed by atoms with van der Waals surface area (Å²) in [6.45, 7) is 5.23. The molecule has 7 heteroatoms. The Kier molecular flexibility index (Phi) is 4.53. The van der Waals surface area contributed by atoms with Gasteiger partial charge in [0.2, 0.25) is 0 Å². The Labute approximate surface area is 156 Å². The zero-order valence-electron chi connectivity index (χ0n) is 15.5. The molecule has 140 valence electrons. The van der Waals surface area contributed by atoms with Crippen LogP contribution in [0.5, 0.6) is 0 Å². The van der Waals surface area contributed by atoms with Gasteiger partial charge in [-0.25, -0.2) is 0 Å². The van der Waals surface area contributed by atoms with Crippen LogP contribution in [0.25, 0.3) is 10.9 Å². The summed E-state index contributed by atoms with van der Waals surface area (Å²) in [7, 11) is 2.05. The van der Waals surface area contributed by atoms with Crippen molar-refractivity contribution in [3.8, 4) is 0 Å². The molecule has 0 bridgehead atoms. The molecule has 4 rings (SSSR count). The van der Waals surface area contributed by atoms with Crippen molar-refractivity contribution in [3.05, 3.63) is 64.1 Å². The summed E-state index contributed by atoms with van der Waals surface area (Å²) in [5.41, 5.74) is 1.57. The van der Waals surface area contributed by atoms with Gasteiger partial charge in [-0.1, -0.05) is 0 Å². The number of piperazine rings is 1. The molecule has 0 saturated carbocycles. The van der Waals surface area contributed by atoms with Crippen LogP contribution in [-0.4, -0.2) is 58.5 Å². The second kappa shape index (κ2) is 7.00. The molecule has 1 fully saturated rings. The van der Waals surface area contributed by atoms with E-state index < -0.39 is 0 Å². The molecule has 3 aromatic heterocycles. The number of nitrogens with zero attached hydrogens (tertiary/aromatic N) is 4. The fraction of sp³-hybridized carbons (Fsp3) is 0.350. The molecule has 1 amide bonds. The Morgan fingerprint density at radius 2 is 2.00 bits per heavy atom. The molecule has 1 aliphatic heterocycles. The van der Waals surface area contributed by atoms with Gasteiger partial charge in [-0.2, -0.15) is 0 Å². The Morgan fingerprint density at radius 3 is 2.70 bits per heavy atom. The highest BCUT2D eigenvalue weighted by molar-refractivity contribution is 5.98. The van der Waals surface area contributed by atoms with Crippen molar-refractivity contribution in [2.24, 2.45) is 0 Å². The lowest BCUT2D eigenvalue weighted by Crippen LogP contribution is -2.47. The molecule has 1 saturated heterocycles. The van der Waals surface area contributed by atoms with Gasteiger partial charge in [-0.05, 0) is 38.2 Å². The summed E-state index contributed by atoms with van der Waals surface area (Å²) >= 11 is 0. The molecule has 7 nitrogen and oxygen atoms in total. The maximum atomic E-state index is 13.0. The van der Waals surface area contributed by atoms with Crippen molar-refractivity contribution in [1.82, 2.24) is 19.4 Å². The number of carbonyl (C=O) groups excluding carboxylic acids is 1. The molecule has 0 aliphatic carbocycles. The quantitative estimate of drug-likeness (QED) is 0.706. The third-order valence-corrected chi connectivity index (χ3v) is 5.07. The van der Waals surface area contributed by atoms with Gasteiger partial charge in [0, 0.05) is 32.4 Å². The molecular weight excluding hydrogens is 344 g/mol. The highest BCUT2D eigenvalue weighted by Crippen LogP contribution is 2.17. The Bertz CT molecular complexity index is 1030. The monoisotopic (exact) mass is 366 g/mol. The van der Waals surface area contributed by atoms with Crippen LogP contribution in [0.15, 0.2) is 45.9 Å². The Hall–Kier alpha value is -2.93. The van der Waals surface area contributed by atoms with E-state index in [-0.39, 0.29) is 11.5 Å². The molecule has 4 heterocycles. The van der Waals surface area contributed by atoms with Gasteiger partial charge in [0.05, 0.1) is 35.0 Å². The van der Waals surface area contributed by atoms with Crippen LogP contribution >= 0.6 is 0 Å². The molecule has 0 spiro atoms. The zero-order chi connectivity index (χ0) is 19.0. The van der Waals surface area contributed by atoms with Crippen LogP contribution < -0.4 is 5.56 Å². The summed E-state index contributed by atoms with van der Waals surface area (Å²) in [4.78, 5) is 34.4. The minimum Gasteiger partial charge on any atom is -0.467 e. The van der Waals surface area contributed by atoms with Crippen LogP contribution in [0.1, 0.15) is 21.8 Å². The first-order chi connectivity index (χ1) is 13.0. The van der Waals surface area contributed by atoms with E-state index in [2.05, 4.69) is 9.88 Å². The van der Waals surface area contributed by atoms with Gasteiger partial charge in [0.1, 0.15) is 5.76 Å². The summed E-state index contributed by atoms with van der Waals surface area (Å²) in [5, 5.41) is 0.451. The number of hydrogen-bond acceptors (Lipinski definition) is 5. The lowest BCUT2D eigenvalue weighted by molar-refractivity contribution is 0.0663. The van der Waals surface area contributed by atoms with E-state index in [0.29, 0.717) is 47.6 Å². The minimum atomic E-state index is -0.177. The number of aromatic nitrogens is 2. The fourth-order valence-electron chi connectivity index (χ4n) is 3.40. The molecule has 3 aromatic rings. The number of fused-ring (bicyclic) bond motifs is 1. The summed E-state index contributed by atoms with van der Waals surface area (Å²) in [6.07, 6.45) is 3.29. The normalized spacial score (nSPS) is 15.4. The minimum absolute atomic E-state index is 0.0594. The van der Waals surface area contributed by atoms with Crippen molar-refractivity contribution in [2.45, 2.75) is 13.5 Å². The summed E-state index contributed by atoms with van der Waals surface area (Å²) in [5.74, 6) is 0.640. The highest BCUT2D eigenvalue weighted by Gasteiger charge is 2.23. The van der Waals surface area contributed by atoms with Crippen molar-refractivity contribution in [3.63, 3.8) is 0 Å². The van der Waals surface area contributed by atoms with E-state index in [9.17, 15) is 9.59 Å². The molecule has 0 aromatic carbocycles. The van der Waals surface area contributed by atoms with Crippen molar-refractivity contribution < 1.29 is 9.21 Å². The first kappa shape index (κ1) is 17.5. The van der Waals surface area contributed by atoms with Crippen LogP contribution in [-0.2, 0) is 6.54 Å². The van der Waals surface area contributed by atoms with Gasteiger partial charge < -0.3 is 18.8 Å². The summed E-state index contributed by atoms with van der Waals surface area (Å²) in [6, 6.07) is 7.11. The average molecular weight is 366 g/mol. The largest absolute Gasteiger partial charge is 0.467 e. The van der Waals surface area contributed by atoms with Gasteiger partial charge in [-0.3, -0.25) is 14.6 Å². The van der Waals surface area contributed by atoms with E-state index in [1.54, 1.807) is 35.2 Å². The number of pyridine rings is 2. The van der Waals surface area contributed by atoms with Gasteiger partial charge in [-0.15, -0.1) is 0 Å². The van der Waals surface area contributed by atoms with E-state index in [1.165, 1.54) is 0 Å². The van der Waals surface area contributed by atoms with Gasteiger partial charge in [0.25, 0.3) is 11.5 Å². The number of carbonyl (C=O) groups is 1. The Morgan fingerprint density at radius 1 is 1.22 bits per heavy atom. The zero-order valence-corrected chi connectivity index (χ0v) is 15.5. The molecule has 1 aliphatic rings. The third kappa shape index (κ3) is 3.38. The summed E-state index contributed by atoms with van der Waals surface area (Å²) < 4.78 is 6.91. The van der Waals surface area contributed by atoms with Crippen molar-refractivity contribution in [1.29, 1.82) is 0 Å². The fourth-order valence-corrected chi connectivity index (χ4v) is 3.40. The van der Waals surface area contributed by atoms with Crippen LogP contribution in [0.2, 0.25) is 0 Å². The average Bonchev–Trinajstić information content (AvgIpc) is 3.17. The van der Waals surface area contributed by atoms with Crippen molar-refractivity contribution >= 4 is 16.8 Å². The van der Waals surface area contributed by atoms with E-state index in [4.69, 9.17) is 4.42 Å². The Balaban J connectivity index is 1.71. The topological polar surface area (TPSA) is 71.6 Å². The highest BCUT2D eigenvalue weighted by atomic mass is 16.3. The number of amides is 1. The van der Waals surface area contributed by atoms with Crippen LogP contribution in [0.4, 0.5) is 0 Å². The second-order valence-electron chi connectivity index (χ2n) is 6.98. The van der Waals surface area contributed by atoms with Gasteiger partial charge >= 0.3 is 0 Å². The van der Waals surface area contributed by atoms with Gasteiger partial charge in [0.15, 0.2) is 0 Å². The second-order valence-corrected chi connectivity index (χ2v) is 6.98. The standard InChI is InChI=1S/C20H22N4O3/c1-14-16(19(25)23-9-7-22(2)8-10-23)12-17-18(21-14)5-6-24(20(17)26)13-15-4-3-11-27-15/h3-6,11-12H,7-10,13H2,1-2H3. The molecule has 0 N–H and O–H groups in total. The third-order valence-electron chi connectivity index (χ3n) is 5.07. The molecule has 27 heavy (non-hydrogen) atoms. The number of aryl methyl sites for hydroxylation is 1. The van der Waals surface area contributed by atoms with E-state index in [0.717, 1.165) is 13.1 Å². The van der Waals surface area contributed by atoms with Crippen LogP contribution in [0.3, 0.4) is 0 Å². The maximum absolute atomic E-state index is 13.0. The smallest absolute Gasteiger partial charge is 0.260 e. The van der Waals surface area contributed by atoms with Crippen molar-refractivity contribution in [2.75, 3.05) is 33.2 Å². The predicted molar refractivity (Wildman–Crippen MR) is 102 cm³/mol. The number of rotatable bonds is 3. The first-order valence-electron chi connectivity index (χ1n) is 9.04. The maximum Gasteiger partial charge on any atom is 0.260 e. The molecular formula is C20H22N4O3. The van der Waals surface area contributed by atoms with E-state index >= 15 is 0 Å².